The first-order valence-corrected chi connectivity index (χ1v) is 8.89. The number of imidazole rings is 1. The summed E-state index contributed by atoms with van der Waals surface area (Å²) in [5, 5.41) is 14.8. The minimum atomic E-state index is -0.436. The van der Waals surface area contributed by atoms with Crippen LogP contribution in [0.1, 0.15) is 17.2 Å². The minimum Gasteiger partial charge on any atom is -0.335 e. The lowest BCUT2D eigenvalue weighted by atomic mass is 10.0. The Morgan fingerprint density at radius 2 is 2.00 bits per heavy atom. The quantitative estimate of drug-likeness (QED) is 0.684. The number of amides is 2. The summed E-state index contributed by atoms with van der Waals surface area (Å²) in [5.74, 6) is 0. The van der Waals surface area contributed by atoms with Crippen LogP contribution in [-0.4, -0.2) is 22.1 Å². The van der Waals surface area contributed by atoms with Crippen molar-refractivity contribution in [1.29, 1.82) is 5.26 Å². The zero-order valence-corrected chi connectivity index (χ0v) is 15.4. The second-order valence-electron chi connectivity index (χ2n) is 6.05. The van der Waals surface area contributed by atoms with Crippen LogP contribution in [0.4, 0.5) is 10.5 Å². The summed E-state index contributed by atoms with van der Waals surface area (Å²) in [5.41, 5.74) is 3.86. The van der Waals surface area contributed by atoms with Crippen LogP contribution in [0, 0.1) is 11.3 Å². The van der Waals surface area contributed by atoms with Crippen LogP contribution in [0.2, 0.25) is 10.0 Å². The van der Waals surface area contributed by atoms with Crippen molar-refractivity contribution in [2.24, 2.45) is 0 Å². The van der Waals surface area contributed by atoms with Crippen LogP contribution in [0.5, 0.6) is 0 Å². The molecule has 0 radical (unpaired) electrons. The van der Waals surface area contributed by atoms with Crippen molar-refractivity contribution in [1.82, 2.24) is 14.9 Å². The normalized spacial score (nSPS) is 14.2. The topological polar surface area (TPSA) is 82.7 Å². The predicted octanol–water partition coefficient (Wildman–Crippen LogP) is 4.45. The third kappa shape index (κ3) is 3.12. The monoisotopic (exact) mass is 397 g/mol. The summed E-state index contributed by atoms with van der Waals surface area (Å²) in [6.07, 6.45) is 3.57. The minimum absolute atomic E-state index is 0.0450. The molecule has 0 saturated carbocycles. The average molecular weight is 398 g/mol. The highest BCUT2D eigenvalue weighted by molar-refractivity contribution is 6.39. The molecule has 1 aromatic heterocycles. The van der Waals surface area contributed by atoms with E-state index in [0.717, 1.165) is 16.8 Å². The number of nitrogens with one attached hydrogen (secondary N) is 2. The van der Waals surface area contributed by atoms with Crippen LogP contribution < -0.4 is 10.6 Å². The first-order chi connectivity index (χ1) is 13.1. The Labute approximate surface area is 165 Å². The molecule has 2 amide bonds. The van der Waals surface area contributed by atoms with Gasteiger partial charge in [-0.1, -0.05) is 47.5 Å². The van der Waals surface area contributed by atoms with Gasteiger partial charge in [0.2, 0.25) is 0 Å². The van der Waals surface area contributed by atoms with E-state index >= 15 is 0 Å². The van der Waals surface area contributed by atoms with E-state index in [1.807, 2.05) is 41.1 Å². The van der Waals surface area contributed by atoms with E-state index in [2.05, 4.69) is 15.6 Å². The molecule has 0 fully saturated rings. The molecule has 2 N–H and O–H groups in total. The van der Waals surface area contributed by atoms with Gasteiger partial charge in [-0.2, -0.15) is 5.26 Å². The van der Waals surface area contributed by atoms with Gasteiger partial charge in [-0.25, -0.2) is 9.78 Å². The third-order valence-corrected chi connectivity index (χ3v) is 5.06. The molecule has 0 saturated heterocycles. The number of hydrogen-bond donors (Lipinski definition) is 2. The van der Waals surface area contributed by atoms with Crippen LogP contribution in [0.3, 0.4) is 0 Å². The second kappa shape index (κ2) is 6.95. The first kappa shape index (κ1) is 17.4. The van der Waals surface area contributed by atoms with Gasteiger partial charge in [-0.05, 0) is 17.7 Å². The number of aromatic nitrogens is 2. The molecule has 1 aliphatic heterocycles. The second-order valence-corrected chi connectivity index (χ2v) is 6.87. The van der Waals surface area contributed by atoms with Gasteiger partial charge in [0.05, 0.1) is 51.6 Å². The molecule has 1 unspecified atom stereocenters. The summed E-state index contributed by atoms with van der Waals surface area (Å²) >= 11 is 12.2. The molecule has 8 heteroatoms. The van der Waals surface area contributed by atoms with Crippen molar-refractivity contribution in [2.45, 2.75) is 6.04 Å². The smallest absolute Gasteiger partial charge is 0.319 e. The van der Waals surface area contributed by atoms with Crippen LogP contribution in [-0.2, 0) is 0 Å². The highest BCUT2D eigenvalue weighted by atomic mass is 35.5. The van der Waals surface area contributed by atoms with Crippen molar-refractivity contribution in [2.75, 3.05) is 11.9 Å². The fourth-order valence-corrected chi connectivity index (χ4v) is 3.83. The molecule has 2 aromatic carbocycles. The van der Waals surface area contributed by atoms with Crippen LogP contribution in [0.25, 0.3) is 11.3 Å². The molecule has 0 spiro atoms. The van der Waals surface area contributed by atoms with E-state index < -0.39 is 6.03 Å². The van der Waals surface area contributed by atoms with Crippen LogP contribution in [0.15, 0.2) is 48.9 Å². The van der Waals surface area contributed by atoms with E-state index in [0.29, 0.717) is 12.1 Å². The molecule has 1 aliphatic rings. The standard InChI is InChI=1S/C19H13Cl2N5O/c20-14-5-11(7-22)6-15(21)18(14)25-19(27)24-9-17-13-4-2-1-3-12(13)16-8-23-10-26(16)17/h1-6,8,10,17H,9H2,(H2,24,25,27). The fraction of sp³-hybridized carbons (Fsp3) is 0.105. The lowest BCUT2D eigenvalue weighted by Gasteiger charge is -2.17. The molecule has 0 bridgehead atoms. The van der Waals surface area contributed by atoms with Crippen molar-refractivity contribution < 1.29 is 4.79 Å². The number of nitriles is 1. The Morgan fingerprint density at radius 3 is 2.74 bits per heavy atom. The summed E-state index contributed by atoms with van der Waals surface area (Å²) in [7, 11) is 0. The molecule has 134 valence electrons. The summed E-state index contributed by atoms with van der Waals surface area (Å²) in [6, 6.07) is 12.4. The maximum Gasteiger partial charge on any atom is 0.319 e. The number of rotatable bonds is 3. The zero-order chi connectivity index (χ0) is 19.0. The Morgan fingerprint density at radius 1 is 1.26 bits per heavy atom. The van der Waals surface area contributed by atoms with Gasteiger partial charge in [-0.15, -0.1) is 0 Å². The number of nitrogens with zero attached hydrogens (tertiary/aromatic N) is 3. The fourth-order valence-electron chi connectivity index (χ4n) is 3.24. The number of anilines is 1. The predicted molar refractivity (Wildman–Crippen MR) is 104 cm³/mol. The number of halogens is 2. The van der Waals surface area contributed by atoms with Gasteiger partial charge >= 0.3 is 6.03 Å². The largest absolute Gasteiger partial charge is 0.335 e. The number of carbonyl (C=O) groups is 1. The maximum atomic E-state index is 12.4. The Hall–Kier alpha value is -3.01. The van der Waals surface area contributed by atoms with Crippen LogP contribution >= 0.6 is 23.2 Å². The highest BCUT2D eigenvalue weighted by Crippen LogP contribution is 2.38. The van der Waals surface area contributed by atoms with Gasteiger partial charge in [0.25, 0.3) is 0 Å². The van der Waals surface area contributed by atoms with E-state index in [1.54, 1.807) is 6.33 Å². The van der Waals surface area contributed by atoms with E-state index in [9.17, 15) is 4.79 Å². The number of fused-ring (bicyclic) bond motifs is 3. The van der Waals surface area contributed by atoms with E-state index in [4.69, 9.17) is 28.5 Å². The van der Waals surface area contributed by atoms with Crippen molar-refractivity contribution in [3.63, 3.8) is 0 Å². The average Bonchev–Trinajstić information content (AvgIpc) is 3.24. The molecule has 6 nitrogen and oxygen atoms in total. The zero-order valence-electron chi connectivity index (χ0n) is 13.9. The SMILES string of the molecule is N#Cc1cc(Cl)c(NC(=O)NCC2c3ccccc3-c3cncn32)c(Cl)c1. The number of urea groups is 1. The highest BCUT2D eigenvalue weighted by Gasteiger charge is 2.28. The summed E-state index contributed by atoms with van der Waals surface area (Å²) < 4.78 is 2.03. The van der Waals surface area contributed by atoms with Crippen molar-refractivity contribution in [3.8, 4) is 17.3 Å². The van der Waals surface area contributed by atoms with Gasteiger partial charge in [0.15, 0.2) is 0 Å². The van der Waals surface area contributed by atoms with Crippen molar-refractivity contribution >= 4 is 34.9 Å². The number of benzene rings is 2. The number of carbonyl (C=O) groups excluding carboxylic acids is 1. The van der Waals surface area contributed by atoms with Gasteiger partial charge in [0, 0.05) is 12.1 Å². The molecule has 2 heterocycles. The Kier molecular flexibility index (Phi) is 4.48. The van der Waals surface area contributed by atoms with Gasteiger partial charge in [0.1, 0.15) is 0 Å². The molecule has 1 atom stereocenters. The maximum absolute atomic E-state index is 12.4. The molecule has 27 heavy (non-hydrogen) atoms. The van der Waals surface area contributed by atoms with Gasteiger partial charge < -0.3 is 15.2 Å². The van der Waals surface area contributed by atoms with E-state index in [-0.39, 0.29) is 21.8 Å². The Balaban J connectivity index is 1.49. The summed E-state index contributed by atoms with van der Waals surface area (Å²) in [4.78, 5) is 16.6. The molecule has 0 aliphatic carbocycles. The van der Waals surface area contributed by atoms with E-state index in [1.165, 1.54) is 12.1 Å². The van der Waals surface area contributed by atoms with Gasteiger partial charge in [-0.3, -0.25) is 0 Å². The number of hydrogen-bond acceptors (Lipinski definition) is 3. The lowest BCUT2D eigenvalue weighted by molar-refractivity contribution is 0.251. The Bertz CT molecular complexity index is 1060. The molecule has 4 rings (SSSR count). The lowest BCUT2D eigenvalue weighted by Crippen LogP contribution is -2.33. The molecule has 3 aromatic rings. The third-order valence-electron chi connectivity index (χ3n) is 4.46. The molecular weight excluding hydrogens is 385 g/mol. The first-order valence-electron chi connectivity index (χ1n) is 8.13. The van der Waals surface area contributed by atoms with Crippen molar-refractivity contribution in [3.05, 3.63) is 70.1 Å². The molecular formula is C19H13Cl2N5O. The summed E-state index contributed by atoms with van der Waals surface area (Å²) in [6.45, 7) is 0.373.